The van der Waals surface area contributed by atoms with Crippen LogP contribution in [0.2, 0.25) is 15.1 Å². The van der Waals surface area contributed by atoms with Gasteiger partial charge in [-0.2, -0.15) is 4.99 Å². The summed E-state index contributed by atoms with van der Waals surface area (Å²) in [6.45, 7) is 3.21. The molecule has 3 aromatic rings. The summed E-state index contributed by atoms with van der Waals surface area (Å²) in [4.78, 5) is 21.8. The molecular weight excluding hydrogens is 501 g/mol. The molecule has 9 heteroatoms. The largest absolute Gasteiger partial charge is 0.457 e. The molecule has 1 saturated heterocycles. The average Bonchev–Trinajstić information content (AvgIpc) is 3.41. The van der Waals surface area contributed by atoms with Gasteiger partial charge in [0.25, 0.3) is 5.91 Å². The quantitative estimate of drug-likeness (QED) is 0.361. The minimum absolute atomic E-state index is 0.255. The summed E-state index contributed by atoms with van der Waals surface area (Å²) in [7, 11) is 0. The van der Waals surface area contributed by atoms with E-state index < -0.39 is 0 Å². The molecule has 3 heterocycles. The molecule has 0 N–H and O–H groups in total. The number of thioether (sulfide) groups is 1. The summed E-state index contributed by atoms with van der Waals surface area (Å²) in [6, 6.07) is 16.7. The number of amides is 1. The van der Waals surface area contributed by atoms with E-state index >= 15 is 0 Å². The molecule has 1 aromatic heterocycles. The van der Waals surface area contributed by atoms with Crippen molar-refractivity contribution in [3.63, 3.8) is 0 Å². The van der Waals surface area contributed by atoms with E-state index in [1.54, 1.807) is 24.3 Å². The Bertz CT molecular complexity index is 1280. The first kappa shape index (κ1) is 22.4. The van der Waals surface area contributed by atoms with Crippen LogP contribution in [0.1, 0.15) is 5.76 Å². The second-order valence-electron chi connectivity index (χ2n) is 7.59. The van der Waals surface area contributed by atoms with Gasteiger partial charge in [0.2, 0.25) is 0 Å². The third-order valence-corrected chi connectivity index (χ3v) is 7.26. The van der Waals surface area contributed by atoms with Crippen molar-refractivity contribution in [3.8, 4) is 11.3 Å². The smallest absolute Gasteiger partial charge is 0.286 e. The van der Waals surface area contributed by atoms with Crippen molar-refractivity contribution < 1.29 is 9.21 Å². The molecule has 0 aliphatic carbocycles. The lowest BCUT2D eigenvalue weighted by atomic mass is 10.2. The zero-order chi connectivity index (χ0) is 22.9. The van der Waals surface area contributed by atoms with Gasteiger partial charge >= 0.3 is 0 Å². The van der Waals surface area contributed by atoms with Crippen molar-refractivity contribution >= 4 is 69.4 Å². The highest BCUT2D eigenvalue weighted by Gasteiger charge is 2.29. The van der Waals surface area contributed by atoms with E-state index in [9.17, 15) is 4.79 Å². The summed E-state index contributed by atoms with van der Waals surface area (Å²) in [5.74, 6) is 0.918. The van der Waals surface area contributed by atoms with Gasteiger partial charge in [-0.3, -0.25) is 4.79 Å². The molecule has 2 aliphatic heterocycles. The third kappa shape index (κ3) is 4.94. The van der Waals surface area contributed by atoms with Gasteiger partial charge in [0.1, 0.15) is 11.5 Å². The topological polar surface area (TPSA) is 49.1 Å². The molecule has 0 radical (unpaired) electrons. The summed E-state index contributed by atoms with van der Waals surface area (Å²) in [6.07, 6.45) is 1.72. The fourth-order valence-electron chi connectivity index (χ4n) is 3.76. The van der Waals surface area contributed by atoms with Crippen molar-refractivity contribution in [2.45, 2.75) is 0 Å². The van der Waals surface area contributed by atoms with Gasteiger partial charge in [-0.25, -0.2) is 0 Å². The van der Waals surface area contributed by atoms with Crippen molar-refractivity contribution in [3.05, 3.63) is 80.3 Å². The standard InChI is InChI=1S/C24H18Cl3N3O2S/c25-15-2-1-3-17(12-15)29-8-10-30(11-9-29)24-28-23(31)22(33-24)14-18-5-7-21(32-18)19-6-4-16(26)13-20(19)27/h1-7,12-14H,8-11H2/b22-14+. The molecule has 5 nitrogen and oxygen atoms in total. The number of rotatable bonds is 3. The average molecular weight is 519 g/mol. The number of halogens is 3. The number of benzene rings is 2. The molecule has 2 aliphatic rings. The highest BCUT2D eigenvalue weighted by atomic mass is 35.5. The van der Waals surface area contributed by atoms with Crippen molar-refractivity contribution in [2.75, 3.05) is 31.1 Å². The van der Waals surface area contributed by atoms with Crippen LogP contribution in [0.4, 0.5) is 5.69 Å². The molecule has 0 atom stereocenters. The molecule has 33 heavy (non-hydrogen) atoms. The number of nitrogens with zero attached hydrogens (tertiary/aromatic N) is 3. The van der Waals surface area contributed by atoms with Crippen LogP contribution in [-0.4, -0.2) is 42.2 Å². The second-order valence-corrected chi connectivity index (χ2v) is 9.88. The lowest BCUT2D eigenvalue weighted by molar-refractivity contribution is -0.113. The normalized spacial score (nSPS) is 17.7. The lowest BCUT2D eigenvalue weighted by Gasteiger charge is -2.36. The van der Waals surface area contributed by atoms with Crippen LogP contribution in [0.15, 0.2) is 68.9 Å². The highest BCUT2D eigenvalue weighted by Crippen LogP contribution is 2.35. The van der Waals surface area contributed by atoms with Gasteiger partial charge in [0, 0.05) is 53.6 Å². The van der Waals surface area contributed by atoms with Gasteiger partial charge in [0.15, 0.2) is 5.17 Å². The Labute approximate surface area is 210 Å². The van der Waals surface area contributed by atoms with Crippen LogP contribution in [0.25, 0.3) is 17.4 Å². The van der Waals surface area contributed by atoms with E-state index in [-0.39, 0.29) is 5.91 Å². The van der Waals surface area contributed by atoms with Gasteiger partial charge in [-0.1, -0.05) is 40.9 Å². The maximum Gasteiger partial charge on any atom is 0.286 e. The van der Waals surface area contributed by atoms with Crippen LogP contribution in [0, 0.1) is 0 Å². The number of carbonyl (C=O) groups excluding carboxylic acids is 1. The minimum atomic E-state index is -0.255. The number of amidine groups is 1. The van der Waals surface area contributed by atoms with Gasteiger partial charge in [-0.15, -0.1) is 0 Å². The Morgan fingerprint density at radius 3 is 2.42 bits per heavy atom. The molecular formula is C24H18Cl3N3O2S. The number of hydrogen-bond acceptors (Lipinski definition) is 5. The Kier molecular flexibility index (Phi) is 6.43. The summed E-state index contributed by atoms with van der Waals surface area (Å²) < 4.78 is 5.90. The third-order valence-electron chi connectivity index (χ3n) is 5.43. The molecule has 0 bridgehead atoms. The van der Waals surface area contributed by atoms with E-state index in [2.05, 4.69) is 20.9 Å². The Morgan fingerprint density at radius 1 is 0.909 bits per heavy atom. The van der Waals surface area contributed by atoms with Gasteiger partial charge in [0.05, 0.1) is 9.93 Å². The van der Waals surface area contributed by atoms with Crippen LogP contribution in [0.5, 0.6) is 0 Å². The Balaban J connectivity index is 1.24. The number of carbonyl (C=O) groups is 1. The number of anilines is 1. The van der Waals surface area contributed by atoms with E-state index in [4.69, 9.17) is 39.2 Å². The van der Waals surface area contributed by atoms with Crippen molar-refractivity contribution in [1.82, 2.24) is 4.90 Å². The predicted molar refractivity (Wildman–Crippen MR) is 137 cm³/mol. The van der Waals surface area contributed by atoms with Crippen molar-refractivity contribution in [2.24, 2.45) is 4.99 Å². The number of aliphatic imine (C=N–C) groups is 1. The van der Waals surface area contributed by atoms with Crippen LogP contribution < -0.4 is 4.90 Å². The monoisotopic (exact) mass is 517 g/mol. The predicted octanol–water partition coefficient (Wildman–Crippen LogP) is 6.70. The molecule has 0 saturated carbocycles. The number of hydrogen-bond donors (Lipinski definition) is 0. The lowest BCUT2D eigenvalue weighted by Crippen LogP contribution is -2.47. The van der Waals surface area contributed by atoms with E-state index in [0.29, 0.717) is 26.5 Å². The first-order chi connectivity index (χ1) is 16.0. The number of piperazine rings is 1. The van der Waals surface area contributed by atoms with Gasteiger partial charge < -0.3 is 14.2 Å². The van der Waals surface area contributed by atoms with Crippen LogP contribution in [0.3, 0.4) is 0 Å². The van der Waals surface area contributed by atoms with Crippen LogP contribution in [-0.2, 0) is 4.79 Å². The van der Waals surface area contributed by atoms with Crippen LogP contribution >= 0.6 is 46.6 Å². The highest BCUT2D eigenvalue weighted by molar-refractivity contribution is 8.18. The Morgan fingerprint density at radius 2 is 1.67 bits per heavy atom. The summed E-state index contributed by atoms with van der Waals surface area (Å²) in [5, 5.41) is 2.52. The molecule has 2 aromatic carbocycles. The first-order valence-electron chi connectivity index (χ1n) is 10.3. The molecule has 1 amide bonds. The molecule has 0 unspecified atom stereocenters. The molecule has 0 spiro atoms. The first-order valence-corrected chi connectivity index (χ1v) is 12.2. The number of furan rings is 1. The fraction of sp³-hybridized carbons (Fsp3) is 0.167. The van der Waals surface area contributed by atoms with Gasteiger partial charge in [-0.05, 0) is 60.3 Å². The maximum atomic E-state index is 12.5. The fourth-order valence-corrected chi connectivity index (χ4v) is 5.39. The summed E-state index contributed by atoms with van der Waals surface area (Å²) in [5.41, 5.74) is 1.85. The molecule has 1 fully saturated rings. The Hall–Kier alpha value is -2.38. The zero-order valence-electron chi connectivity index (χ0n) is 17.3. The van der Waals surface area contributed by atoms with E-state index in [0.717, 1.165) is 47.6 Å². The zero-order valence-corrected chi connectivity index (χ0v) is 20.4. The van der Waals surface area contributed by atoms with Crippen molar-refractivity contribution in [1.29, 1.82) is 0 Å². The summed E-state index contributed by atoms with van der Waals surface area (Å²) >= 11 is 19.7. The molecule has 168 valence electrons. The maximum absolute atomic E-state index is 12.5. The second kappa shape index (κ2) is 9.47. The SMILES string of the molecule is O=C1N=C(N2CCN(c3cccc(Cl)c3)CC2)S/C1=C/c1ccc(-c2ccc(Cl)cc2Cl)o1. The minimum Gasteiger partial charge on any atom is -0.457 e. The van der Waals surface area contributed by atoms with E-state index in [1.807, 2.05) is 30.3 Å². The van der Waals surface area contributed by atoms with E-state index in [1.165, 1.54) is 11.8 Å². The molecule has 5 rings (SSSR count).